The number of ether oxygens (including phenoxy) is 1. The maximum absolute atomic E-state index is 9.59. The van der Waals surface area contributed by atoms with Crippen LogP contribution in [-0.4, -0.2) is 35.1 Å². The van der Waals surface area contributed by atoms with E-state index in [9.17, 15) is 5.11 Å². The molecule has 0 spiro atoms. The number of rotatable bonds is 7. The second-order valence-electron chi connectivity index (χ2n) is 4.52. The first kappa shape index (κ1) is 15.0. The van der Waals surface area contributed by atoms with Crippen LogP contribution in [-0.2, 0) is 16.9 Å². The number of aliphatic hydroxyl groups is 1. The van der Waals surface area contributed by atoms with Gasteiger partial charge in [-0.3, -0.25) is 0 Å². The first-order chi connectivity index (χ1) is 9.67. The van der Waals surface area contributed by atoms with E-state index in [4.69, 9.17) is 9.26 Å². The molecule has 0 saturated carbocycles. The summed E-state index contributed by atoms with van der Waals surface area (Å²) in [7, 11) is 1.54. The van der Waals surface area contributed by atoms with Crippen molar-refractivity contribution in [2.24, 2.45) is 0 Å². The second kappa shape index (κ2) is 7.42. The number of nitrogens with zero attached hydrogens (tertiary/aromatic N) is 2. The molecule has 1 atom stereocenters. The quantitative estimate of drug-likeness (QED) is 0.790. The van der Waals surface area contributed by atoms with Crippen LogP contribution < -0.4 is 0 Å². The zero-order valence-corrected chi connectivity index (χ0v) is 12.4. The van der Waals surface area contributed by atoms with E-state index in [1.807, 2.05) is 0 Å². The summed E-state index contributed by atoms with van der Waals surface area (Å²) in [6.45, 7) is 2.32. The van der Waals surface area contributed by atoms with Gasteiger partial charge in [0, 0.05) is 12.0 Å². The van der Waals surface area contributed by atoms with E-state index in [0.717, 1.165) is 0 Å². The molecule has 0 aliphatic carbocycles. The largest absolute Gasteiger partial charge is 0.390 e. The molecule has 5 nitrogen and oxygen atoms in total. The average Bonchev–Trinajstić information content (AvgIpc) is 2.86. The lowest BCUT2D eigenvalue weighted by Crippen LogP contribution is -2.17. The molecular formula is C14H18N2O3S. The number of hydrogen-bond donors (Lipinski definition) is 1. The van der Waals surface area contributed by atoms with Gasteiger partial charge in [-0.05, 0) is 19.1 Å². The zero-order valence-electron chi connectivity index (χ0n) is 11.6. The molecule has 20 heavy (non-hydrogen) atoms. The molecule has 1 heterocycles. The third-order valence-electron chi connectivity index (χ3n) is 2.67. The number of thioether (sulfide) groups is 1. The molecule has 1 unspecified atom stereocenters. The van der Waals surface area contributed by atoms with Crippen LogP contribution in [0, 0.1) is 6.92 Å². The van der Waals surface area contributed by atoms with E-state index in [1.54, 1.807) is 18.9 Å². The van der Waals surface area contributed by atoms with Crippen molar-refractivity contribution in [1.82, 2.24) is 10.1 Å². The summed E-state index contributed by atoms with van der Waals surface area (Å²) in [5.41, 5.74) is 1.24. The van der Waals surface area contributed by atoms with E-state index in [1.165, 1.54) is 10.5 Å². The lowest BCUT2D eigenvalue weighted by atomic mass is 10.2. The average molecular weight is 294 g/mol. The number of hydrogen-bond acceptors (Lipinski definition) is 6. The molecule has 2 aromatic rings. The highest BCUT2D eigenvalue weighted by Gasteiger charge is 2.12. The van der Waals surface area contributed by atoms with Crippen molar-refractivity contribution >= 4 is 11.8 Å². The molecule has 0 aliphatic rings. The highest BCUT2D eigenvalue weighted by Crippen LogP contribution is 2.21. The predicted octanol–water partition coefficient (Wildman–Crippen LogP) is 2.22. The van der Waals surface area contributed by atoms with Gasteiger partial charge in [-0.2, -0.15) is 4.98 Å². The fraction of sp³-hybridized carbons (Fsp3) is 0.429. The summed E-state index contributed by atoms with van der Waals surface area (Å²) in [5, 5.41) is 13.5. The van der Waals surface area contributed by atoms with Gasteiger partial charge in [0.1, 0.15) is 0 Å². The SMILES string of the molecule is COCC(O)Cc1nc(CSc2ccc(C)cc2)no1. The van der Waals surface area contributed by atoms with Gasteiger partial charge >= 0.3 is 0 Å². The van der Waals surface area contributed by atoms with Crippen LogP contribution in [0.2, 0.25) is 0 Å². The van der Waals surface area contributed by atoms with Crippen molar-refractivity contribution in [2.45, 2.75) is 30.1 Å². The van der Waals surface area contributed by atoms with Crippen LogP contribution in [0.3, 0.4) is 0 Å². The molecule has 1 aromatic heterocycles. The molecule has 1 N–H and O–H groups in total. The Morgan fingerprint density at radius 1 is 1.35 bits per heavy atom. The fourth-order valence-corrected chi connectivity index (χ4v) is 2.41. The molecule has 2 rings (SSSR count). The molecule has 0 radical (unpaired) electrons. The van der Waals surface area contributed by atoms with Crippen LogP contribution >= 0.6 is 11.8 Å². The number of aryl methyl sites for hydroxylation is 1. The van der Waals surface area contributed by atoms with E-state index >= 15 is 0 Å². The Morgan fingerprint density at radius 3 is 2.80 bits per heavy atom. The molecule has 0 bridgehead atoms. The minimum atomic E-state index is -0.613. The number of aliphatic hydroxyl groups excluding tert-OH is 1. The summed E-state index contributed by atoms with van der Waals surface area (Å²) >= 11 is 1.65. The normalized spacial score (nSPS) is 12.6. The van der Waals surface area contributed by atoms with Crippen molar-refractivity contribution < 1.29 is 14.4 Å². The van der Waals surface area contributed by atoms with Crippen molar-refractivity contribution in [3.63, 3.8) is 0 Å². The van der Waals surface area contributed by atoms with Gasteiger partial charge < -0.3 is 14.4 Å². The summed E-state index contributed by atoms with van der Waals surface area (Å²) in [6, 6.07) is 8.29. The summed E-state index contributed by atoms with van der Waals surface area (Å²) < 4.78 is 9.95. The van der Waals surface area contributed by atoms with E-state index < -0.39 is 6.10 Å². The van der Waals surface area contributed by atoms with Crippen LogP contribution in [0.15, 0.2) is 33.7 Å². The lowest BCUT2D eigenvalue weighted by Gasteiger charge is -2.04. The van der Waals surface area contributed by atoms with E-state index in [-0.39, 0.29) is 6.61 Å². The lowest BCUT2D eigenvalue weighted by molar-refractivity contribution is 0.0599. The van der Waals surface area contributed by atoms with Gasteiger partial charge in [0.15, 0.2) is 5.82 Å². The molecule has 0 aliphatic heterocycles. The van der Waals surface area contributed by atoms with Crippen LogP contribution in [0.1, 0.15) is 17.3 Å². The standard InChI is InChI=1S/C14H18N2O3S/c1-10-3-5-12(6-4-10)20-9-13-15-14(19-16-13)7-11(17)8-18-2/h3-6,11,17H,7-9H2,1-2H3. The highest BCUT2D eigenvalue weighted by atomic mass is 32.2. The number of aromatic nitrogens is 2. The Labute approximate surface area is 122 Å². The minimum Gasteiger partial charge on any atom is -0.390 e. The van der Waals surface area contributed by atoms with Gasteiger partial charge in [-0.15, -0.1) is 11.8 Å². The number of benzene rings is 1. The van der Waals surface area contributed by atoms with Gasteiger partial charge in [-0.1, -0.05) is 22.9 Å². The first-order valence-corrected chi connectivity index (χ1v) is 7.34. The van der Waals surface area contributed by atoms with Crippen LogP contribution in [0.5, 0.6) is 0 Å². The van der Waals surface area contributed by atoms with E-state index in [0.29, 0.717) is 23.9 Å². The fourth-order valence-electron chi connectivity index (χ4n) is 1.67. The first-order valence-electron chi connectivity index (χ1n) is 6.35. The summed E-state index contributed by atoms with van der Waals surface area (Å²) in [6.07, 6.45) is -0.297. The topological polar surface area (TPSA) is 68.4 Å². The van der Waals surface area contributed by atoms with Gasteiger partial charge in [-0.25, -0.2) is 0 Å². The molecule has 108 valence electrons. The Balaban J connectivity index is 1.85. The Morgan fingerprint density at radius 2 is 2.10 bits per heavy atom. The second-order valence-corrected chi connectivity index (χ2v) is 5.57. The van der Waals surface area contributed by atoms with Gasteiger partial charge in [0.2, 0.25) is 5.89 Å². The molecule has 0 amide bonds. The highest BCUT2D eigenvalue weighted by molar-refractivity contribution is 7.98. The predicted molar refractivity (Wildman–Crippen MR) is 76.6 cm³/mol. The maximum atomic E-state index is 9.59. The van der Waals surface area contributed by atoms with Gasteiger partial charge in [0.25, 0.3) is 0 Å². The molecular weight excluding hydrogens is 276 g/mol. The van der Waals surface area contributed by atoms with E-state index in [2.05, 4.69) is 41.3 Å². The van der Waals surface area contributed by atoms with Crippen molar-refractivity contribution in [2.75, 3.05) is 13.7 Å². The van der Waals surface area contributed by atoms with Crippen LogP contribution in [0.25, 0.3) is 0 Å². The third-order valence-corrected chi connectivity index (χ3v) is 3.68. The molecule has 0 saturated heterocycles. The minimum absolute atomic E-state index is 0.260. The Kier molecular flexibility index (Phi) is 5.58. The van der Waals surface area contributed by atoms with Crippen molar-refractivity contribution in [3.05, 3.63) is 41.5 Å². The van der Waals surface area contributed by atoms with Crippen LogP contribution in [0.4, 0.5) is 0 Å². The molecule has 1 aromatic carbocycles. The summed E-state index contributed by atoms with van der Waals surface area (Å²) in [4.78, 5) is 5.42. The van der Waals surface area contributed by atoms with Gasteiger partial charge in [0.05, 0.1) is 24.9 Å². The van der Waals surface area contributed by atoms with Crippen molar-refractivity contribution in [3.8, 4) is 0 Å². The zero-order chi connectivity index (χ0) is 14.4. The van der Waals surface area contributed by atoms with Crippen molar-refractivity contribution in [1.29, 1.82) is 0 Å². The molecule has 0 fully saturated rings. The summed E-state index contributed by atoms with van der Waals surface area (Å²) in [5.74, 6) is 1.72. The Hall–Kier alpha value is -1.37. The monoisotopic (exact) mass is 294 g/mol. The number of methoxy groups -OCH3 is 1. The Bertz CT molecular complexity index is 527. The maximum Gasteiger partial charge on any atom is 0.229 e. The third kappa shape index (κ3) is 4.63. The smallest absolute Gasteiger partial charge is 0.229 e. The molecule has 6 heteroatoms.